The van der Waals surface area contributed by atoms with Crippen molar-refractivity contribution in [2.24, 2.45) is 0 Å². The fraction of sp³-hybridized carbons (Fsp3) is 0.243. The van der Waals surface area contributed by atoms with Gasteiger partial charge in [0.05, 0.1) is 24.8 Å². The molecule has 8 heteroatoms. The van der Waals surface area contributed by atoms with Crippen LogP contribution in [0.15, 0.2) is 115 Å². The highest BCUT2D eigenvalue weighted by molar-refractivity contribution is 6.46. The fourth-order valence-electron chi connectivity index (χ4n) is 5.62. The van der Waals surface area contributed by atoms with E-state index in [0.717, 1.165) is 24.2 Å². The van der Waals surface area contributed by atoms with Crippen molar-refractivity contribution in [2.45, 2.75) is 19.3 Å². The molecule has 1 unspecified atom stereocenters. The van der Waals surface area contributed by atoms with Gasteiger partial charge in [-0.05, 0) is 53.1 Å². The molecule has 0 radical (unpaired) electrons. The van der Waals surface area contributed by atoms with Crippen LogP contribution in [0, 0.1) is 0 Å². The van der Waals surface area contributed by atoms with E-state index in [0.29, 0.717) is 62.1 Å². The fourth-order valence-corrected chi connectivity index (χ4v) is 5.62. The molecule has 0 saturated carbocycles. The number of morpholine rings is 1. The third kappa shape index (κ3) is 7.25. The minimum Gasteiger partial charge on any atom is -0.507 e. The molecule has 1 amide bonds. The van der Waals surface area contributed by atoms with Crippen molar-refractivity contribution in [3.8, 4) is 11.5 Å². The zero-order valence-electron chi connectivity index (χ0n) is 25.0. The van der Waals surface area contributed by atoms with Gasteiger partial charge in [0.1, 0.15) is 30.5 Å². The first-order chi connectivity index (χ1) is 22.1. The van der Waals surface area contributed by atoms with Crippen LogP contribution in [-0.4, -0.2) is 66.0 Å². The number of carbonyl (C=O) groups is 2. The van der Waals surface area contributed by atoms with Crippen molar-refractivity contribution in [3.63, 3.8) is 0 Å². The van der Waals surface area contributed by atoms with Crippen molar-refractivity contribution in [1.82, 2.24) is 9.80 Å². The van der Waals surface area contributed by atoms with Crippen LogP contribution in [0.3, 0.4) is 0 Å². The number of ketones is 1. The predicted octanol–water partition coefficient (Wildman–Crippen LogP) is 5.60. The van der Waals surface area contributed by atoms with E-state index >= 15 is 0 Å². The Hall–Kier alpha value is -4.92. The summed E-state index contributed by atoms with van der Waals surface area (Å²) in [5.74, 6) is -0.246. The predicted molar refractivity (Wildman–Crippen MR) is 171 cm³/mol. The second-order valence-electron chi connectivity index (χ2n) is 11.1. The van der Waals surface area contributed by atoms with Gasteiger partial charge in [0.2, 0.25) is 0 Å². The highest BCUT2D eigenvalue weighted by Crippen LogP contribution is 2.40. The maximum absolute atomic E-state index is 13.5. The van der Waals surface area contributed by atoms with Gasteiger partial charge >= 0.3 is 0 Å². The summed E-state index contributed by atoms with van der Waals surface area (Å²) < 4.78 is 17.3. The molecule has 1 N–H and O–H groups in total. The average molecular weight is 605 g/mol. The Labute approximate surface area is 263 Å². The van der Waals surface area contributed by atoms with Gasteiger partial charge in [0.15, 0.2) is 0 Å². The van der Waals surface area contributed by atoms with Crippen LogP contribution in [0.4, 0.5) is 0 Å². The smallest absolute Gasteiger partial charge is 0.295 e. The Morgan fingerprint density at radius 1 is 0.711 bits per heavy atom. The Bertz CT molecular complexity index is 1620. The molecule has 2 fully saturated rings. The number of Topliss-reactive ketones (excluding diaryl/α,β-unsaturated/α-hetero) is 1. The Kier molecular flexibility index (Phi) is 9.53. The minimum atomic E-state index is -0.747. The Morgan fingerprint density at radius 2 is 1.24 bits per heavy atom. The molecular weight excluding hydrogens is 568 g/mol. The summed E-state index contributed by atoms with van der Waals surface area (Å²) in [5, 5.41) is 11.5. The number of hydrogen-bond donors (Lipinski definition) is 1. The van der Waals surface area contributed by atoms with E-state index in [1.165, 1.54) is 0 Å². The summed E-state index contributed by atoms with van der Waals surface area (Å²) in [6, 6.07) is 33.3. The SMILES string of the molecule is O=C1C(=O)N(CCN2CCOCC2)C(c2ccc(OCc3ccccc3)cc2)/C1=C(\O)c1ccc(OCc2ccccc2)cc1. The normalized spacial score (nSPS) is 18.2. The molecule has 8 nitrogen and oxygen atoms in total. The molecule has 2 heterocycles. The van der Waals surface area contributed by atoms with Gasteiger partial charge in [-0.25, -0.2) is 0 Å². The summed E-state index contributed by atoms with van der Waals surface area (Å²) in [7, 11) is 0. The lowest BCUT2D eigenvalue weighted by atomic mass is 9.95. The molecule has 0 bridgehead atoms. The number of rotatable bonds is 11. The minimum absolute atomic E-state index is 0.0675. The van der Waals surface area contributed by atoms with Crippen molar-refractivity contribution in [3.05, 3.63) is 137 Å². The zero-order chi connectivity index (χ0) is 31.0. The first kappa shape index (κ1) is 30.1. The average Bonchev–Trinajstić information content (AvgIpc) is 3.35. The van der Waals surface area contributed by atoms with Crippen molar-refractivity contribution >= 4 is 17.4 Å². The largest absolute Gasteiger partial charge is 0.507 e. The molecule has 0 aliphatic carbocycles. The van der Waals surface area contributed by atoms with E-state index < -0.39 is 17.7 Å². The van der Waals surface area contributed by atoms with Gasteiger partial charge in [-0.15, -0.1) is 0 Å². The van der Waals surface area contributed by atoms with Gasteiger partial charge in [0, 0.05) is 31.7 Å². The van der Waals surface area contributed by atoms with E-state index in [1.54, 1.807) is 29.2 Å². The van der Waals surface area contributed by atoms with Gasteiger partial charge in [-0.1, -0.05) is 72.8 Å². The molecule has 6 rings (SSSR count). The molecule has 2 aliphatic rings. The highest BCUT2D eigenvalue weighted by Gasteiger charge is 2.46. The molecule has 0 aromatic heterocycles. The molecule has 0 spiro atoms. The first-order valence-electron chi connectivity index (χ1n) is 15.2. The monoisotopic (exact) mass is 604 g/mol. The quantitative estimate of drug-likeness (QED) is 0.136. The molecule has 4 aromatic rings. The molecule has 2 saturated heterocycles. The van der Waals surface area contributed by atoms with E-state index in [4.69, 9.17) is 14.2 Å². The zero-order valence-corrected chi connectivity index (χ0v) is 25.0. The topological polar surface area (TPSA) is 88.5 Å². The summed E-state index contributed by atoms with van der Waals surface area (Å²) >= 11 is 0. The van der Waals surface area contributed by atoms with E-state index in [2.05, 4.69) is 4.90 Å². The summed E-state index contributed by atoms with van der Waals surface area (Å²) in [4.78, 5) is 30.8. The molecular formula is C37H36N2O6. The van der Waals surface area contributed by atoms with Gasteiger partial charge < -0.3 is 24.2 Å². The Balaban J connectivity index is 1.25. The lowest BCUT2D eigenvalue weighted by molar-refractivity contribution is -0.140. The standard InChI is InChI=1S/C37H36N2O6/c40-35(30-13-17-32(18-14-30)45-26-28-9-5-2-6-10-28)33-34(39(37(42)36(33)41)20-19-38-21-23-43-24-22-38)29-11-15-31(16-12-29)44-25-27-7-3-1-4-8-27/h1-18,34,40H,19-26H2/b35-33+. The Morgan fingerprint density at radius 3 is 1.80 bits per heavy atom. The molecule has 1 atom stereocenters. The second kappa shape index (κ2) is 14.2. The van der Waals surface area contributed by atoms with Gasteiger partial charge in [0.25, 0.3) is 11.7 Å². The number of aliphatic hydroxyl groups is 1. The first-order valence-corrected chi connectivity index (χ1v) is 15.2. The van der Waals surface area contributed by atoms with Crippen LogP contribution in [0.1, 0.15) is 28.3 Å². The number of carbonyl (C=O) groups excluding carboxylic acids is 2. The third-order valence-corrected chi connectivity index (χ3v) is 8.12. The number of nitrogens with zero attached hydrogens (tertiary/aromatic N) is 2. The number of ether oxygens (including phenoxy) is 3. The van der Waals surface area contributed by atoms with Gasteiger partial charge in [-0.3, -0.25) is 14.5 Å². The van der Waals surface area contributed by atoms with E-state index in [-0.39, 0.29) is 11.3 Å². The van der Waals surface area contributed by atoms with Crippen molar-refractivity contribution < 1.29 is 28.9 Å². The van der Waals surface area contributed by atoms with Crippen LogP contribution < -0.4 is 9.47 Å². The van der Waals surface area contributed by atoms with E-state index in [9.17, 15) is 14.7 Å². The van der Waals surface area contributed by atoms with Crippen LogP contribution in [0.5, 0.6) is 11.5 Å². The third-order valence-electron chi connectivity index (χ3n) is 8.12. The van der Waals surface area contributed by atoms with Crippen molar-refractivity contribution in [2.75, 3.05) is 39.4 Å². The maximum Gasteiger partial charge on any atom is 0.295 e. The number of benzene rings is 4. The second-order valence-corrected chi connectivity index (χ2v) is 11.1. The molecule has 230 valence electrons. The number of aliphatic hydroxyl groups excluding tert-OH is 1. The van der Waals surface area contributed by atoms with Crippen molar-refractivity contribution in [1.29, 1.82) is 0 Å². The highest BCUT2D eigenvalue weighted by atomic mass is 16.5. The summed E-state index contributed by atoms with van der Waals surface area (Å²) in [5.41, 5.74) is 3.30. The van der Waals surface area contributed by atoms with Crippen LogP contribution >= 0.6 is 0 Å². The lowest BCUT2D eigenvalue weighted by Gasteiger charge is -2.31. The van der Waals surface area contributed by atoms with Gasteiger partial charge in [-0.2, -0.15) is 0 Å². The number of hydrogen-bond acceptors (Lipinski definition) is 7. The summed E-state index contributed by atoms with van der Waals surface area (Å²) in [6.45, 7) is 4.56. The van der Waals surface area contributed by atoms with Crippen LogP contribution in [-0.2, 0) is 27.5 Å². The molecule has 45 heavy (non-hydrogen) atoms. The maximum atomic E-state index is 13.5. The summed E-state index contributed by atoms with van der Waals surface area (Å²) in [6.07, 6.45) is 0. The van der Waals surface area contributed by atoms with Crippen LogP contribution in [0.25, 0.3) is 5.76 Å². The molecule has 4 aromatic carbocycles. The molecule has 2 aliphatic heterocycles. The lowest BCUT2D eigenvalue weighted by Crippen LogP contribution is -2.42. The number of amides is 1. The number of likely N-dealkylation sites (tertiary alicyclic amines) is 1. The van der Waals surface area contributed by atoms with E-state index in [1.807, 2.05) is 84.9 Å². The van der Waals surface area contributed by atoms with Crippen LogP contribution in [0.2, 0.25) is 0 Å².